The molecule has 0 heterocycles. The van der Waals surface area contributed by atoms with Crippen molar-refractivity contribution in [2.75, 3.05) is 0 Å². The highest BCUT2D eigenvalue weighted by molar-refractivity contribution is 5.20. The van der Waals surface area contributed by atoms with Gasteiger partial charge in [0.25, 0.3) is 0 Å². The maximum Gasteiger partial charge on any atom is 0.00804 e. The summed E-state index contributed by atoms with van der Waals surface area (Å²) in [5.41, 5.74) is 6.94. The number of hydrogen-bond acceptors (Lipinski definition) is 1. The lowest BCUT2D eigenvalue weighted by atomic mass is 9.69. The number of rotatable bonds is 2. The van der Waals surface area contributed by atoms with E-state index >= 15 is 0 Å². The number of nitrogens with two attached hydrogens (primary N) is 1. The Kier molecular flexibility index (Phi) is 1.75. The van der Waals surface area contributed by atoms with E-state index in [1.165, 1.54) is 6.42 Å². The smallest absolute Gasteiger partial charge is 0.00804 e. The van der Waals surface area contributed by atoms with Crippen molar-refractivity contribution in [3.8, 4) is 0 Å². The highest BCUT2D eigenvalue weighted by atomic mass is 14.6. The van der Waals surface area contributed by atoms with Crippen LogP contribution in [-0.2, 0) is 0 Å². The zero-order chi connectivity index (χ0) is 8.72. The van der Waals surface area contributed by atoms with Crippen LogP contribution in [0.2, 0.25) is 0 Å². The first-order valence-corrected chi connectivity index (χ1v) is 4.84. The average molecular weight is 163 g/mol. The Bertz CT molecular complexity index is 239. The predicted molar refractivity (Wildman–Crippen MR) is 51.3 cm³/mol. The molecule has 2 aliphatic rings. The van der Waals surface area contributed by atoms with Gasteiger partial charge in [0, 0.05) is 11.6 Å². The van der Waals surface area contributed by atoms with E-state index in [1.807, 2.05) is 0 Å². The van der Waals surface area contributed by atoms with E-state index in [-0.39, 0.29) is 0 Å². The van der Waals surface area contributed by atoms with Gasteiger partial charge >= 0.3 is 0 Å². The van der Waals surface area contributed by atoms with Gasteiger partial charge in [-0.25, -0.2) is 0 Å². The zero-order valence-corrected chi connectivity index (χ0v) is 7.83. The van der Waals surface area contributed by atoms with Crippen molar-refractivity contribution in [1.29, 1.82) is 0 Å². The predicted octanol–water partition coefficient (Wildman–Crippen LogP) is 2.31. The van der Waals surface area contributed by atoms with Gasteiger partial charge in [-0.2, -0.15) is 0 Å². The molecule has 0 aromatic rings. The summed E-state index contributed by atoms with van der Waals surface area (Å²) in [6.45, 7) is 4.54. The maximum atomic E-state index is 5.82. The van der Waals surface area contributed by atoms with E-state index in [0.717, 1.165) is 17.5 Å². The molecule has 0 radical (unpaired) electrons. The van der Waals surface area contributed by atoms with Gasteiger partial charge in [-0.1, -0.05) is 32.1 Å². The van der Waals surface area contributed by atoms with Crippen molar-refractivity contribution < 1.29 is 0 Å². The second kappa shape index (κ2) is 2.65. The number of hydrogen-bond donors (Lipinski definition) is 1. The summed E-state index contributed by atoms with van der Waals surface area (Å²) in [6, 6.07) is 0. The van der Waals surface area contributed by atoms with Gasteiger partial charge in [-0.05, 0) is 24.2 Å². The van der Waals surface area contributed by atoms with E-state index < -0.39 is 0 Å². The molecule has 0 spiro atoms. The van der Waals surface area contributed by atoms with Crippen LogP contribution in [0.3, 0.4) is 0 Å². The molecule has 0 aliphatic heterocycles. The monoisotopic (exact) mass is 163 g/mol. The summed E-state index contributed by atoms with van der Waals surface area (Å²) < 4.78 is 0. The normalized spacial score (nSPS) is 44.7. The third-order valence-electron chi connectivity index (χ3n) is 3.38. The van der Waals surface area contributed by atoms with E-state index in [9.17, 15) is 0 Å². The largest absolute Gasteiger partial charge is 0.402 e. The maximum absolute atomic E-state index is 5.82. The van der Waals surface area contributed by atoms with Crippen LogP contribution in [0.15, 0.2) is 23.9 Å². The van der Waals surface area contributed by atoms with Crippen molar-refractivity contribution in [1.82, 2.24) is 0 Å². The molecule has 0 aromatic carbocycles. The van der Waals surface area contributed by atoms with Crippen LogP contribution in [0.4, 0.5) is 0 Å². The standard InChI is InChI=1S/C11H17N/c1-7-3-4-9(7)6-10-8(2)5-11(10)12/h3-5,7-10H,6,12H2,1-2H3. The minimum atomic E-state index is 0.669. The summed E-state index contributed by atoms with van der Waals surface area (Å²) in [5.74, 6) is 2.96. The minimum absolute atomic E-state index is 0.669. The summed E-state index contributed by atoms with van der Waals surface area (Å²) >= 11 is 0. The van der Waals surface area contributed by atoms with E-state index in [2.05, 4.69) is 32.1 Å². The molecule has 4 atom stereocenters. The van der Waals surface area contributed by atoms with E-state index in [0.29, 0.717) is 11.8 Å². The quantitative estimate of drug-likeness (QED) is 0.621. The molecule has 0 bridgehead atoms. The molecule has 0 amide bonds. The van der Waals surface area contributed by atoms with Crippen LogP contribution >= 0.6 is 0 Å². The van der Waals surface area contributed by atoms with Crippen LogP contribution in [-0.4, -0.2) is 0 Å². The molecule has 4 unspecified atom stereocenters. The highest BCUT2D eigenvalue weighted by Crippen LogP contribution is 2.40. The Morgan fingerprint density at radius 3 is 2.33 bits per heavy atom. The molecule has 0 aromatic heterocycles. The van der Waals surface area contributed by atoms with Gasteiger partial charge in [0.1, 0.15) is 0 Å². The molecule has 1 heteroatoms. The zero-order valence-electron chi connectivity index (χ0n) is 7.83. The molecular weight excluding hydrogens is 146 g/mol. The van der Waals surface area contributed by atoms with Gasteiger partial charge < -0.3 is 5.73 Å². The number of allylic oxidation sites excluding steroid dienone is 4. The fourth-order valence-corrected chi connectivity index (χ4v) is 2.16. The second-order valence-electron chi connectivity index (χ2n) is 4.28. The highest BCUT2D eigenvalue weighted by Gasteiger charge is 2.31. The van der Waals surface area contributed by atoms with E-state index in [1.54, 1.807) is 0 Å². The Morgan fingerprint density at radius 2 is 2.00 bits per heavy atom. The van der Waals surface area contributed by atoms with Gasteiger partial charge in [-0.3, -0.25) is 0 Å². The molecule has 1 nitrogen and oxygen atoms in total. The van der Waals surface area contributed by atoms with Crippen LogP contribution in [0, 0.1) is 23.7 Å². The summed E-state index contributed by atoms with van der Waals surface area (Å²) in [6.07, 6.45) is 8.05. The first kappa shape index (κ1) is 7.90. The first-order chi connectivity index (χ1) is 5.68. The molecule has 0 fully saturated rings. The van der Waals surface area contributed by atoms with Crippen molar-refractivity contribution in [2.24, 2.45) is 29.4 Å². The third-order valence-corrected chi connectivity index (χ3v) is 3.38. The van der Waals surface area contributed by atoms with Gasteiger partial charge in [0.15, 0.2) is 0 Å². The Morgan fingerprint density at radius 1 is 1.25 bits per heavy atom. The lowest BCUT2D eigenvalue weighted by molar-refractivity contribution is 0.302. The van der Waals surface area contributed by atoms with Gasteiger partial charge in [0.05, 0.1) is 0 Å². The molecule has 0 saturated heterocycles. The average Bonchev–Trinajstić information content (AvgIpc) is 2.02. The van der Waals surface area contributed by atoms with E-state index in [4.69, 9.17) is 5.73 Å². The molecule has 2 aliphatic carbocycles. The topological polar surface area (TPSA) is 26.0 Å². The van der Waals surface area contributed by atoms with Crippen molar-refractivity contribution in [3.63, 3.8) is 0 Å². The van der Waals surface area contributed by atoms with Crippen molar-refractivity contribution >= 4 is 0 Å². The summed E-state index contributed by atoms with van der Waals surface area (Å²) in [5, 5.41) is 0. The van der Waals surface area contributed by atoms with Crippen molar-refractivity contribution in [2.45, 2.75) is 20.3 Å². The van der Waals surface area contributed by atoms with Gasteiger partial charge in [0.2, 0.25) is 0 Å². The summed E-state index contributed by atoms with van der Waals surface area (Å²) in [7, 11) is 0. The van der Waals surface area contributed by atoms with Crippen molar-refractivity contribution in [3.05, 3.63) is 23.9 Å². The lowest BCUT2D eigenvalue weighted by Gasteiger charge is -2.37. The minimum Gasteiger partial charge on any atom is -0.402 e. The van der Waals surface area contributed by atoms with Crippen LogP contribution < -0.4 is 5.73 Å². The van der Waals surface area contributed by atoms with Gasteiger partial charge in [-0.15, -0.1) is 0 Å². The molecule has 12 heavy (non-hydrogen) atoms. The van der Waals surface area contributed by atoms with Crippen LogP contribution in [0.25, 0.3) is 0 Å². The third kappa shape index (κ3) is 1.08. The molecule has 0 saturated carbocycles. The fraction of sp³-hybridized carbons (Fsp3) is 0.636. The SMILES string of the molecule is CC1C=CC1CC1C(N)=CC1C. The summed E-state index contributed by atoms with van der Waals surface area (Å²) in [4.78, 5) is 0. The Hall–Kier alpha value is -0.720. The van der Waals surface area contributed by atoms with Crippen LogP contribution in [0.1, 0.15) is 20.3 Å². The molecule has 2 rings (SSSR count). The fourth-order valence-electron chi connectivity index (χ4n) is 2.16. The molecular formula is C11H17N. The first-order valence-electron chi connectivity index (χ1n) is 4.84. The Balaban J connectivity index is 1.89. The Labute approximate surface area is 74.3 Å². The van der Waals surface area contributed by atoms with Crippen LogP contribution in [0.5, 0.6) is 0 Å². The lowest BCUT2D eigenvalue weighted by Crippen LogP contribution is -2.32. The molecule has 2 N–H and O–H groups in total. The molecule has 66 valence electrons. The second-order valence-corrected chi connectivity index (χ2v) is 4.28.